The molecule has 7 heteroatoms. The predicted octanol–water partition coefficient (Wildman–Crippen LogP) is 3.88. The minimum Gasteiger partial charge on any atom is -0.381 e. The highest BCUT2D eigenvalue weighted by Crippen LogP contribution is 2.35. The molecule has 158 valence electrons. The number of nitrogens with one attached hydrogen (secondary N) is 1. The quantitative estimate of drug-likeness (QED) is 0.363. The highest BCUT2D eigenvalue weighted by atomic mass is 127. The van der Waals surface area contributed by atoms with E-state index in [0.29, 0.717) is 17.9 Å². The molecule has 28 heavy (non-hydrogen) atoms. The second-order valence-corrected chi connectivity index (χ2v) is 8.36. The minimum absolute atomic E-state index is 0. The van der Waals surface area contributed by atoms with Crippen LogP contribution in [0, 0.1) is 11.8 Å². The van der Waals surface area contributed by atoms with Crippen LogP contribution in [0.1, 0.15) is 30.9 Å². The van der Waals surface area contributed by atoms with Crippen molar-refractivity contribution in [2.24, 2.45) is 16.8 Å². The Labute approximate surface area is 191 Å². The number of hydrogen-bond acceptors (Lipinski definition) is 3. The SMILES string of the molecule is CN=C(NCC1CCCN(C)C1c1cccc(Cl)c1)N(C)CC1CCOC1.I. The molecule has 0 spiro atoms. The van der Waals surface area contributed by atoms with Gasteiger partial charge in [-0.05, 0) is 56.5 Å². The summed E-state index contributed by atoms with van der Waals surface area (Å²) < 4.78 is 5.51. The van der Waals surface area contributed by atoms with Crippen LogP contribution >= 0.6 is 35.6 Å². The number of hydrogen-bond donors (Lipinski definition) is 1. The number of halogens is 2. The summed E-state index contributed by atoms with van der Waals surface area (Å²) in [5, 5.41) is 4.44. The fourth-order valence-corrected chi connectivity index (χ4v) is 4.70. The lowest BCUT2D eigenvalue weighted by molar-refractivity contribution is 0.122. The van der Waals surface area contributed by atoms with Crippen LogP contribution < -0.4 is 5.32 Å². The third-order valence-corrected chi connectivity index (χ3v) is 6.08. The molecule has 3 rings (SSSR count). The Balaban J connectivity index is 0.00000280. The first-order valence-electron chi connectivity index (χ1n) is 10.0. The molecular formula is C21H34ClIN4O. The van der Waals surface area contributed by atoms with E-state index in [1.807, 2.05) is 13.1 Å². The Bertz CT molecular complexity index is 639. The number of benzene rings is 1. The number of ether oxygens (including phenoxy) is 1. The van der Waals surface area contributed by atoms with Crippen molar-refractivity contribution in [3.63, 3.8) is 0 Å². The van der Waals surface area contributed by atoms with Crippen LogP contribution in [0.2, 0.25) is 5.02 Å². The standard InChI is InChI=1S/C21H33ClN4O.HI/c1-23-21(26(3)14-16-9-11-27-15-16)24-13-18-7-5-10-25(2)20(18)17-6-4-8-19(22)12-17;/h4,6,8,12,16,18,20H,5,7,9-11,13-15H2,1-3H3,(H,23,24);1H. The largest absolute Gasteiger partial charge is 0.381 e. The van der Waals surface area contributed by atoms with Crippen molar-refractivity contribution in [1.82, 2.24) is 15.1 Å². The van der Waals surface area contributed by atoms with Gasteiger partial charge in [0.2, 0.25) is 0 Å². The van der Waals surface area contributed by atoms with E-state index in [4.69, 9.17) is 16.3 Å². The van der Waals surface area contributed by atoms with E-state index in [-0.39, 0.29) is 24.0 Å². The molecule has 2 heterocycles. The number of nitrogens with zero attached hydrogens (tertiary/aromatic N) is 3. The fourth-order valence-electron chi connectivity index (χ4n) is 4.50. The first-order valence-corrected chi connectivity index (χ1v) is 10.4. The summed E-state index contributed by atoms with van der Waals surface area (Å²) in [6.07, 6.45) is 3.59. The van der Waals surface area contributed by atoms with Gasteiger partial charge in [0.05, 0.1) is 6.61 Å². The van der Waals surface area contributed by atoms with Gasteiger partial charge in [0, 0.05) is 50.8 Å². The lowest BCUT2D eigenvalue weighted by Crippen LogP contribution is -2.46. The fraction of sp³-hybridized carbons (Fsp3) is 0.667. The molecule has 1 aromatic rings. The molecule has 2 aliphatic heterocycles. The summed E-state index contributed by atoms with van der Waals surface area (Å²) >= 11 is 6.26. The molecule has 0 amide bonds. The smallest absolute Gasteiger partial charge is 0.193 e. The van der Waals surface area contributed by atoms with E-state index in [1.54, 1.807) is 0 Å². The molecule has 2 fully saturated rings. The van der Waals surface area contributed by atoms with E-state index >= 15 is 0 Å². The molecule has 5 nitrogen and oxygen atoms in total. The van der Waals surface area contributed by atoms with Crippen LogP contribution in [0.5, 0.6) is 0 Å². The second-order valence-electron chi connectivity index (χ2n) is 7.92. The van der Waals surface area contributed by atoms with Crippen molar-refractivity contribution in [2.45, 2.75) is 25.3 Å². The first-order chi connectivity index (χ1) is 13.1. The summed E-state index contributed by atoms with van der Waals surface area (Å²) in [5.41, 5.74) is 1.31. The monoisotopic (exact) mass is 520 g/mol. The first kappa shape index (κ1) is 23.7. The molecule has 1 N–H and O–H groups in total. The minimum atomic E-state index is 0. The van der Waals surface area contributed by atoms with E-state index in [0.717, 1.165) is 50.3 Å². The normalized spacial score (nSPS) is 26.0. The molecule has 0 saturated carbocycles. The average Bonchev–Trinajstić information content (AvgIpc) is 3.15. The molecule has 3 unspecified atom stereocenters. The van der Waals surface area contributed by atoms with E-state index in [1.165, 1.54) is 18.4 Å². The second kappa shape index (κ2) is 11.6. The zero-order chi connectivity index (χ0) is 19.2. The van der Waals surface area contributed by atoms with Gasteiger partial charge in [-0.3, -0.25) is 9.89 Å². The molecule has 0 bridgehead atoms. The zero-order valence-corrected chi connectivity index (χ0v) is 20.3. The molecule has 1 aromatic carbocycles. The summed E-state index contributed by atoms with van der Waals surface area (Å²) in [7, 11) is 6.21. The Kier molecular flexibility index (Phi) is 9.80. The highest BCUT2D eigenvalue weighted by Gasteiger charge is 2.31. The Morgan fingerprint density at radius 1 is 1.39 bits per heavy atom. The van der Waals surface area contributed by atoms with E-state index in [9.17, 15) is 0 Å². The number of piperidine rings is 1. The maximum atomic E-state index is 6.26. The number of likely N-dealkylation sites (tertiary alicyclic amines) is 1. The van der Waals surface area contributed by atoms with Crippen molar-refractivity contribution >= 4 is 41.5 Å². The number of aliphatic imine (C=N–C) groups is 1. The van der Waals surface area contributed by atoms with Gasteiger partial charge in [0.15, 0.2) is 5.96 Å². The summed E-state index contributed by atoms with van der Waals surface area (Å²) in [5.74, 6) is 2.11. The lowest BCUT2D eigenvalue weighted by atomic mass is 9.85. The van der Waals surface area contributed by atoms with Gasteiger partial charge in [-0.25, -0.2) is 0 Å². The maximum Gasteiger partial charge on any atom is 0.193 e. The topological polar surface area (TPSA) is 40.1 Å². The molecule has 2 aliphatic rings. The molecule has 0 aliphatic carbocycles. The summed E-state index contributed by atoms with van der Waals surface area (Å²) in [6.45, 7) is 4.79. The molecule has 0 aromatic heterocycles. The van der Waals surface area contributed by atoms with Crippen LogP contribution in [0.4, 0.5) is 0 Å². The van der Waals surface area contributed by atoms with Crippen molar-refractivity contribution < 1.29 is 4.74 Å². The van der Waals surface area contributed by atoms with Gasteiger partial charge in [-0.1, -0.05) is 23.7 Å². The Morgan fingerprint density at radius 2 is 2.21 bits per heavy atom. The van der Waals surface area contributed by atoms with Crippen LogP contribution in [0.15, 0.2) is 29.3 Å². The third-order valence-electron chi connectivity index (χ3n) is 5.85. The average molecular weight is 521 g/mol. The lowest BCUT2D eigenvalue weighted by Gasteiger charge is -2.40. The molecule has 2 saturated heterocycles. The maximum absolute atomic E-state index is 6.26. The summed E-state index contributed by atoms with van der Waals surface area (Å²) in [6, 6.07) is 8.71. The number of rotatable bonds is 5. The van der Waals surface area contributed by atoms with E-state index in [2.05, 4.69) is 52.4 Å². The molecular weight excluding hydrogens is 487 g/mol. The summed E-state index contributed by atoms with van der Waals surface area (Å²) in [4.78, 5) is 9.20. The van der Waals surface area contributed by atoms with Gasteiger partial charge >= 0.3 is 0 Å². The van der Waals surface area contributed by atoms with Gasteiger partial charge in [-0.2, -0.15) is 0 Å². The van der Waals surface area contributed by atoms with Crippen LogP contribution in [0.25, 0.3) is 0 Å². The van der Waals surface area contributed by atoms with Crippen molar-refractivity contribution in [1.29, 1.82) is 0 Å². The van der Waals surface area contributed by atoms with Crippen LogP contribution in [-0.4, -0.2) is 69.8 Å². The van der Waals surface area contributed by atoms with Crippen LogP contribution in [0.3, 0.4) is 0 Å². The van der Waals surface area contributed by atoms with E-state index < -0.39 is 0 Å². The van der Waals surface area contributed by atoms with Gasteiger partial charge < -0.3 is 15.0 Å². The number of guanidine groups is 1. The zero-order valence-electron chi connectivity index (χ0n) is 17.2. The van der Waals surface area contributed by atoms with Crippen molar-refractivity contribution in [3.05, 3.63) is 34.9 Å². The van der Waals surface area contributed by atoms with Crippen molar-refractivity contribution in [2.75, 3.05) is 54.0 Å². The Morgan fingerprint density at radius 3 is 2.89 bits per heavy atom. The van der Waals surface area contributed by atoms with Gasteiger partial charge in [-0.15, -0.1) is 24.0 Å². The predicted molar refractivity (Wildman–Crippen MR) is 128 cm³/mol. The van der Waals surface area contributed by atoms with Gasteiger partial charge in [0.25, 0.3) is 0 Å². The molecule has 3 atom stereocenters. The van der Waals surface area contributed by atoms with Gasteiger partial charge in [0.1, 0.15) is 0 Å². The Hall–Kier alpha value is -0.570. The van der Waals surface area contributed by atoms with Crippen LogP contribution in [-0.2, 0) is 4.74 Å². The van der Waals surface area contributed by atoms with Crippen molar-refractivity contribution in [3.8, 4) is 0 Å². The third kappa shape index (κ3) is 6.21. The molecule has 0 radical (unpaired) electrons. The highest BCUT2D eigenvalue weighted by molar-refractivity contribution is 14.0.